The van der Waals surface area contributed by atoms with Crippen molar-refractivity contribution in [3.05, 3.63) is 30.1 Å². The molecular formula is C20H33FN4OS. The van der Waals surface area contributed by atoms with E-state index < -0.39 is 0 Å². The maximum absolute atomic E-state index is 12.9. The molecule has 0 bridgehead atoms. The lowest BCUT2D eigenvalue weighted by molar-refractivity contribution is 0.0532. The molecule has 1 saturated heterocycles. The number of halogens is 1. The fourth-order valence-corrected chi connectivity index (χ4v) is 3.74. The number of hydrogen-bond acceptors (Lipinski definition) is 4. The van der Waals surface area contributed by atoms with Crippen molar-refractivity contribution in [3.8, 4) is 0 Å². The molecule has 0 unspecified atom stereocenters. The lowest BCUT2D eigenvalue weighted by Gasteiger charge is -2.33. The standard InChI is InChI=1S/C20H33FN4OS/c1-16(2)26-14-13-25-11-8-18(9-12-25)24-20(22-3)23-10-15-27-19-6-4-17(21)5-7-19/h4-7,16,18H,8-15H2,1-3H3,(H2,22,23,24). The summed E-state index contributed by atoms with van der Waals surface area (Å²) in [5, 5.41) is 6.90. The number of rotatable bonds is 9. The molecule has 0 spiro atoms. The van der Waals surface area contributed by atoms with Crippen molar-refractivity contribution in [2.75, 3.05) is 45.6 Å². The van der Waals surface area contributed by atoms with E-state index in [9.17, 15) is 4.39 Å². The first-order chi connectivity index (χ1) is 13.1. The van der Waals surface area contributed by atoms with Gasteiger partial charge in [-0.05, 0) is 51.0 Å². The minimum atomic E-state index is -0.194. The molecule has 2 rings (SSSR count). The van der Waals surface area contributed by atoms with Crippen LogP contribution in [0.2, 0.25) is 0 Å². The summed E-state index contributed by atoms with van der Waals surface area (Å²) in [6.45, 7) is 8.98. The molecule has 0 aliphatic carbocycles. The van der Waals surface area contributed by atoms with Gasteiger partial charge in [0, 0.05) is 49.9 Å². The van der Waals surface area contributed by atoms with Crippen LogP contribution in [0.4, 0.5) is 4.39 Å². The zero-order chi connectivity index (χ0) is 19.5. The van der Waals surface area contributed by atoms with E-state index in [4.69, 9.17) is 4.74 Å². The lowest BCUT2D eigenvalue weighted by atomic mass is 10.1. The molecule has 152 valence electrons. The Morgan fingerprint density at radius 2 is 2.00 bits per heavy atom. The smallest absolute Gasteiger partial charge is 0.191 e. The summed E-state index contributed by atoms with van der Waals surface area (Å²) >= 11 is 1.71. The number of nitrogens with one attached hydrogen (secondary N) is 2. The van der Waals surface area contributed by atoms with Gasteiger partial charge in [-0.15, -0.1) is 11.8 Å². The Morgan fingerprint density at radius 1 is 1.30 bits per heavy atom. The van der Waals surface area contributed by atoms with Crippen LogP contribution in [0.15, 0.2) is 34.2 Å². The quantitative estimate of drug-likeness (QED) is 0.291. The Labute approximate surface area is 167 Å². The molecule has 27 heavy (non-hydrogen) atoms. The number of aliphatic imine (C=N–C) groups is 1. The largest absolute Gasteiger partial charge is 0.377 e. The van der Waals surface area contributed by atoms with Crippen molar-refractivity contribution in [2.45, 2.75) is 43.7 Å². The van der Waals surface area contributed by atoms with E-state index in [1.165, 1.54) is 12.1 Å². The average Bonchev–Trinajstić information content (AvgIpc) is 2.66. The zero-order valence-corrected chi connectivity index (χ0v) is 17.5. The van der Waals surface area contributed by atoms with Gasteiger partial charge in [0.2, 0.25) is 0 Å². The van der Waals surface area contributed by atoms with Crippen molar-refractivity contribution in [1.82, 2.24) is 15.5 Å². The Hall–Kier alpha value is -1.31. The summed E-state index contributed by atoms with van der Waals surface area (Å²) in [5.41, 5.74) is 0. The van der Waals surface area contributed by atoms with Gasteiger partial charge < -0.3 is 20.3 Å². The Kier molecular flexibility index (Phi) is 9.94. The summed E-state index contributed by atoms with van der Waals surface area (Å²) in [6, 6.07) is 7.08. The molecule has 1 aliphatic rings. The highest BCUT2D eigenvalue weighted by molar-refractivity contribution is 7.99. The molecule has 0 atom stereocenters. The van der Waals surface area contributed by atoms with Crippen LogP contribution in [0.1, 0.15) is 26.7 Å². The maximum atomic E-state index is 12.9. The van der Waals surface area contributed by atoms with E-state index in [0.717, 1.165) is 62.2 Å². The van der Waals surface area contributed by atoms with Crippen molar-refractivity contribution >= 4 is 17.7 Å². The number of likely N-dealkylation sites (tertiary alicyclic amines) is 1. The normalized spacial score (nSPS) is 16.7. The van der Waals surface area contributed by atoms with Gasteiger partial charge in [-0.3, -0.25) is 4.99 Å². The van der Waals surface area contributed by atoms with Crippen LogP contribution in [-0.2, 0) is 4.74 Å². The van der Waals surface area contributed by atoms with Gasteiger partial charge in [-0.1, -0.05) is 0 Å². The zero-order valence-electron chi connectivity index (χ0n) is 16.7. The second-order valence-electron chi connectivity index (χ2n) is 6.98. The van der Waals surface area contributed by atoms with Gasteiger partial charge in [0.1, 0.15) is 5.82 Å². The predicted molar refractivity (Wildman–Crippen MR) is 112 cm³/mol. The van der Waals surface area contributed by atoms with Crippen molar-refractivity contribution in [1.29, 1.82) is 0 Å². The van der Waals surface area contributed by atoms with E-state index in [1.54, 1.807) is 18.8 Å². The molecule has 7 heteroatoms. The van der Waals surface area contributed by atoms with Crippen LogP contribution in [0.25, 0.3) is 0 Å². The highest BCUT2D eigenvalue weighted by Gasteiger charge is 2.19. The Balaban J connectivity index is 1.59. The number of ether oxygens (including phenoxy) is 1. The molecule has 1 aromatic rings. The van der Waals surface area contributed by atoms with E-state index in [1.807, 2.05) is 12.1 Å². The fraction of sp³-hybridized carbons (Fsp3) is 0.650. The molecule has 0 radical (unpaired) electrons. The second kappa shape index (κ2) is 12.2. The van der Waals surface area contributed by atoms with E-state index in [0.29, 0.717) is 12.1 Å². The molecule has 0 amide bonds. The van der Waals surface area contributed by atoms with Crippen LogP contribution >= 0.6 is 11.8 Å². The fourth-order valence-electron chi connectivity index (χ4n) is 2.98. The number of guanidine groups is 1. The van der Waals surface area contributed by atoms with Crippen molar-refractivity contribution < 1.29 is 9.13 Å². The monoisotopic (exact) mass is 396 g/mol. The van der Waals surface area contributed by atoms with Gasteiger partial charge in [0.15, 0.2) is 5.96 Å². The number of piperidine rings is 1. The summed E-state index contributed by atoms with van der Waals surface area (Å²) in [5.74, 6) is 1.57. The number of thioether (sulfide) groups is 1. The molecule has 5 nitrogen and oxygen atoms in total. The third kappa shape index (κ3) is 8.95. The van der Waals surface area contributed by atoms with Crippen LogP contribution in [0.3, 0.4) is 0 Å². The lowest BCUT2D eigenvalue weighted by Crippen LogP contribution is -2.49. The summed E-state index contributed by atoms with van der Waals surface area (Å²) in [6.07, 6.45) is 2.54. The molecule has 2 N–H and O–H groups in total. The molecular weight excluding hydrogens is 363 g/mol. The SMILES string of the molecule is CN=C(NCCSc1ccc(F)cc1)NC1CCN(CCOC(C)C)CC1. The van der Waals surface area contributed by atoms with Gasteiger partial charge in [0.25, 0.3) is 0 Å². The third-order valence-electron chi connectivity index (χ3n) is 4.49. The summed E-state index contributed by atoms with van der Waals surface area (Å²) < 4.78 is 18.6. The first kappa shape index (κ1) is 22.0. The minimum Gasteiger partial charge on any atom is -0.377 e. The van der Waals surface area contributed by atoms with E-state index in [2.05, 4.69) is 34.4 Å². The van der Waals surface area contributed by atoms with Gasteiger partial charge in [-0.2, -0.15) is 0 Å². The topological polar surface area (TPSA) is 48.9 Å². The summed E-state index contributed by atoms with van der Waals surface area (Å²) in [7, 11) is 1.81. The Morgan fingerprint density at radius 3 is 2.63 bits per heavy atom. The molecule has 1 aliphatic heterocycles. The molecule has 0 saturated carbocycles. The Bertz CT molecular complexity index is 560. The maximum Gasteiger partial charge on any atom is 0.191 e. The van der Waals surface area contributed by atoms with Crippen LogP contribution in [-0.4, -0.2) is 68.6 Å². The van der Waals surface area contributed by atoms with Gasteiger partial charge in [-0.25, -0.2) is 4.39 Å². The third-order valence-corrected chi connectivity index (χ3v) is 5.50. The van der Waals surface area contributed by atoms with E-state index in [-0.39, 0.29) is 5.82 Å². The highest BCUT2D eigenvalue weighted by Crippen LogP contribution is 2.17. The number of nitrogens with zero attached hydrogens (tertiary/aromatic N) is 2. The number of benzene rings is 1. The molecule has 0 aromatic heterocycles. The van der Waals surface area contributed by atoms with Crippen LogP contribution in [0, 0.1) is 5.82 Å². The van der Waals surface area contributed by atoms with Gasteiger partial charge in [0.05, 0.1) is 12.7 Å². The first-order valence-corrected chi connectivity index (χ1v) is 10.7. The average molecular weight is 397 g/mol. The second-order valence-corrected chi connectivity index (χ2v) is 8.15. The van der Waals surface area contributed by atoms with Crippen LogP contribution in [0.5, 0.6) is 0 Å². The first-order valence-electron chi connectivity index (χ1n) is 9.76. The minimum absolute atomic E-state index is 0.194. The van der Waals surface area contributed by atoms with Crippen molar-refractivity contribution in [3.63, 3.8) is 0 Å². The summed E-state index contributed by atoms with van der Waals surface area (Å²) in [4.78, 5) is 7.88. The molecule has 1 fully saturated rings. The van der Waals surface area contributed by atoms with E-state index >= 15 is 0 Å². The molecule has 1 aromatic carbocycles. The van der Waals surface area contributed by atoms with Crippen molar-refractivity contribution in [2.24, 2.45) is 4.99 Å². The molecule has 1 heterocycles. The van der Waals surface area contributed by atoms with Gasteiger partial charge >= 0.3 is 0 Å². The number of hydrogen-bond donors (Lipinski definition) is 2. The predicted octanol–water partition coefficient (Wildman–Crippen LogP) is 2.97. The van der Waals surface area contributed by atoms with Crippen LogP contribution < -0.4 is 10.6 Å². The highest BCUT2D eigenvalue weighted by atomic mass is 32.2.